The van der Waals surface area contributed by atoms with Gasteiger partial charge in [0.2, 0.25) is 0 Å². The minimum absolute atomic E-state index is 0.129. The Labute approximate surface area is 163 Å². The van der Waals surface area contributed by atoms with Gasteiger partial charge in [-0.3, -0.25) is 9.59 Å². The van der Waals surface area contributed by atoms with Crippen LogP contribution in [0.2, 0.25) is 0 Å². The summed E-state index contributed by atoms with van der Waals surface area (Å²) in [6, 6.07) is 17.4. The molecule has 1 aliphatic rings. The molecule has 0 radical (unpaired) electrons. The molecule has 1 aliphatic heterocycles. The predicted octanol–water partition coefficient (Wildman–Crippen LogP) is 4.23. The van der Waals surface area contributed by atoms with E-state index in [1.54, 1.807) is 0 Å². The SMILES string of the molecule is CCNC(=O)c1c(C)[nH]c(/C=C2\C(=O)Nc3ccccc32)c1-c1ccccc1. The van der Waals surface area contributed by atoms with Gasteiger partial charge in [-0.2, -0.15) is 0 Å². The van der Waals surface area contributed by atoms with Gasteiger partial charge in [-0.05, 0) is 31.6 Å². The third kappa shape index (κ3) is 3.01. The number of aromatic nitrogens is 1. The third-order valence-corrected chi connectivity index (χ3v) is 4.84. The number of carbonyl (C=O) groups is 2. The normalized spacial score (nSPS) is 14.1. The Bertz CT molecular complexity index is 1090. The van der Waals surface area contributed by atoms with Crippen LogP contribution in [0.25, 0.3) is 22.8 Å². The topological polar surface area (TPSA) is 74.0 Å². The molecule has 0 saturated carbocycles. The summed E-state index contributed by atoms with van der Waals surface area (Å²) >= 11 is 0. The summed E-state index contributed by atoms with van der Waals surface area (Å²) in [6.07, 6.45) is 1.83. The summed E-state index contributed by atoms with van der Waals surface area (Å²) in [7, 11) is 0. The van der Waals surface area contributed by atoms with Crippen molar-refractivity contribution >= 4 is 29.2 Å². The number of nitrogens with one attached hydrogen (secondary N) is 3. The van der Waals surface area contributed by atoms with E-state index in [9.17, 15) is 9.59 Å². The molecule has 2 heterocycles. The van der Waals surface area contributed by atoms with Gasteiger partial charge in [0.15, 0.2) is 0 Å². The van der Waals surface area contributed by atoms with E-state index in [1.807, 2.05) is 74.5 Å². The van der Waals surface area contributed by atoms with Crippen molar-refractivity contribution in [1.29, 1.82) is 0 Å². The largest absolute Gasteiger partial charge is 0.358 e. The highest BCUT2D eigenvalue weighted by Crippen LogP contribution is 2.36. The molecule has 2 amide bonds. The zero-order chi connectivity index (χ0) is 19.7. The van der Waals surface area contributed by atoms with Gasteiger partial charge in [0.1, 0.15) is 0 Å². The van der Waals surface area contributed by atoms with Crippen LogP contribution in [0.3, 0.4) is 0 Å². The summed E-state index contributed by atoms with van der Waals surface area (Å²) in [6.45, 7) is 4.32. The Hall–Kier alpha value is -3.60. The van der Waals surface area contributed by atoms with Crippen LogP contribution in [0.15, 0.2) is 54.6 Å². The second-order valence-electron chi connectivity index (χ2n) is 6.70. The predicted molar refractivity (Wildman–Crippen MR) is 112 cm³/mol. The average Bonchev–Trinajstić information content (AvgIpc) is 3.19. The first kappa shape index (κ1) is 17.8. The molecule has 3 N–H and O–H groups in total. The molecule has 0 unspecified atom stereocenters. The lowest BCUT2D eigenvalue weighted by molar-refractivity contribution is -0.110. The molecule has 0 bridgehead atoms. The van der Waals surface area contributed by atoms with E-state index in [2.05, 4.69) is 15.6 Å². The number of aryl methyl sites for hydroxylation is 1. The fraction of sp³-hybridized carbons (Fsp3) is 0.130. The molecule has 1 aromatic heterocycles. The van der Waals surface area contributed by atoms with E-state index in [0.29, 0.717) is 17.7 Å². The molecule has 0 fully saturated rings. The van der Waals surface area contributed by atoms with Gasteiger partial charge < -0.3 is 15.6 Å². The summed E-state index contributed by atoms with van der Waals surface area (Å²) in [4.78, 5) is 28.6. The van der Waals surface area contributed by atoms with Crippen molar-refractivity contribution < 1.29 is 9.59 Å². The van der Waals surface area contributed by atoms with Crippen molar-refractivity contribution in [2.75, 3.05) is 11.9 Å². The number of H-pyrrole nitrogens is 1. The summed E-state index contributed by atoms with van der Waals surface area (Å²) < 4.78 is 0. The molecule has 5 heteroatoms. The fourth-order valence-corrected chi connectivity index (χ4v) is 3.62. The molecule has 140 valence electrons. The molecule has 4 rings (SSSR count). The first-order chi connectivity index (χ1) is 13.6. The number of anilines is 1. The van der Waals surface area contributed by atoms with Crippen molar-refractivity contribution in [2.24, 2.45) is 0 Å². The maximum atomic E-state index is 12.7. The Morgan fingerprint density at radius 2 is 1.79 bits per heavy atom. The van der Waals surface area contributed by atoms with Crippen LogP contribution in [0.5, 0.6) is 0 Å². The Morgan fingerprint density at radius 1 is 1.07 bits per heavy atom. The van der Waals surface area contributed by atoms with Crippen LogP contribution in [0.1, 0.15) is 34.2 Å². The van der Waals surface area contributed by atoms with Crippen molar-refractivity contribution in [1.82, 2.24) is 10.3 Å². The third-order valence-electron chi connectivity index (χ3n) is 4.84. The summed E-state index contributed by atoms with van der Waals surface area (Å²) in [5.74, 6) is -0.275. The van der Waals surface area contributed by atoms with Crippen LogP contribution in [-0.2, 0) is 4.79 Å². The van der Waals surface area contributed by atoms with Gasteiger partial charge in [-0.25, -0.2) is 0 Å². The summed E-state index contributed by atoms with van der Waals surface area (Å²) in [5, 5.41) is 5.78. The van der Waals surface area contributed by atoms with E-state index in [0.717, 1.165) is 33.8 Å². The molecule has 0 spiro atoms. The lowest BCUT2D eigenvalue weighted by atomic mass is 9.97. The number of aromatic amines is 1. The molecule has 0 aliphatic carbocycles. The van der Waals surface area contributed by atoms with Crippen molar-refractivity contribution in [3.8, 4) is 11.1 Å². The van der Waals surface area contributed by atoms with Gasteiger partial charge in [0, 0.05) is 34.7 Å². The van der Waals surface area contributed by atoms with Gasteiger partial charge in [0.05, 0.1) is 11.1 Å². The van der Waals surface area contributed by atoms with Gasteiger partial charge in [-0.1, -0.05) is 48.5 Å². The molecule has 5 nitrogen and oxygen atoms in total. The molecule has 0 atom stereocenters. The Morgan fingerprint density at radius 3 is 2.54 bits per heavy atom. The van der Waals surface area contributed by atoms with Crippen LogP contribution in [0, 0.1) is 6.92 Å². The van der Waals surface area contributed by atoms with E-state index in [4.69, 9.17) is 0 Å². The van der Waals surface area contributed by atoms with E-state index in [1.165, 1.54) is 0 Å². The van der Waals surface area contributed by atoms with E-state index >= 15 is 0 Å². The van der Waals surface area contributed by atoms with Gasteiger partial charge in [0.25, 0.3) is 11.8 Å². The highest BCUT2D eigenvalue weighted by molar-refractivity contribution is 6.35. The monoisotopic (exact) mass is 371 g/mol. The lowest BCUT2D eigenvalue weighted by Gasteiger charge is -2.07. The highest BCUT2D eigenvalue weighted by atomic mass is 16.2. The number of amides is 2. The Kier molecular flexibility index (Phi) is 4.57. The van der Waals surface area contributed by atoms with Crippen LogP contribution < -0.4 is 10.6 Å². The van der Waals surface area contributed by atoms with Crippen LogP contribution in [-0.4, -0.2) is 23.3 Å². The zero-order valence-electron chi connectivity index (χ0n) is 15.8. The number of carbonyl (C=O) groups excluding carboxylic acids is 2. The van der Waals surface area contributed by atoms with Crippen molar-refractivity contribution in [3.05, 3.63) is 77.1 Å². The number of rotatable bonds is 4. The molecule has 28 heavy (non-hydrogen) atoms. The second-order valence-corrected chi connectivity index (χ2v) is 6.70. The van der Waals surface area contributed by atoms with Gasteiger partial charge >= 0.3 is 0 Å². The number of para-hydroxylation sites is 1. The van der Waals surface area contributed by atoms with Crippen LogP contribution in [0.4, 0.5) is 5.69 Å². The highest BCUT2D eigenvalue weighted by Gasteiger charge is 2.26. The number of fused-ring (bicyclic) bond motifs is 1. The first-order valence-corrected chi connectivity index (χ1v) is 9.28. The number of hydrogen-bond acceptors (Lipinski definition) is 2. The van der Waals surface area contributed by atoms with Gasteiger partial charge in [-0.15, -0.1) is 0 Å². The molecular weight excluding hydrogens is 350 g/mol. The first-order valence-electron chi connectivity index (χ1n) is 9.28. The summed E-state index contributed by atoms with van der Waals surface area (Å²) in [5.41, 5.74) is 6.07. The maximum Gasteiger partial charge on any atom is 0.256 e. The second kappa shape index (κ2) is 7.19. The lowest BCUT2D eigenvalue weighted by Crippen LogP contribution is -2.23. The number of hydrogen-bond donors (Lipinski definition) is 3. The van der Waals surface area contributed by atoms with Crippen LogP contribution >= 0.6 is 0 Å². The molecule has 2 aromatic carbocycles. The van der Waals surface area contributed by atoms with Crippen molar-refractivity contribution in [2.45, 2.75) is 13.8 Å². The zero-order valence-corrected chi connectivity index (χ0v) is 15.8. The maximum absolute atomic E-state index is 12.7. The fourth-order valence-electron chi connectivity index (χ4n) is 3.62. The Balaban J connectivity index is 1.92. The minimum Gasteiger partial charge on any atom is -0.358 e. The van der Waals surface area contributed by atoms with E-state index < -0.39 is 0 Å². The van der Waals surface area contributed by atoms with E-state index in [-0.39, 0.29) is 11.8 Å². The minimum atomic E-state index is -0.146. The standard InChI is InChI=1S/C23H21N3O2/c1-3-24-23(28)20-14(2)25-19(21(20)15-9-5-4-6-10-15)13-17-16-11-7-8-12-18(16)26-22(17)27/h4-13,25H,3H2,1-2H3,(H,24,28)(H,26,27)/b17-13-. The average molecular weight is 371 g/mol. The van der Waals surface area contributed by atoms with Crippen molar-refractivity contribution in [3.63, 3.8) is 0 Å². The molecular formula is C23H21N3O2. The smallest absolute Gasteiger partial charge is 0.256 e. The quantitative estimate of drug-likeness (QED) is 0.600. The number of benzene rings is 2. The molecule has 3 aromatic rings. The molecule has 0 saturated heterocycles.